The van der Waals surface area contributed by atoms with Crippen LogP contribution in [0.15, 0.2) is 108 Å². The fourth-order valence-corrected chi connectivity index (χ4v) is 6.85. The molecule has 4 aromatic carbocycles. The third-order valence-electron chi connectivity index (χ3n) is 10.1. The molecule has 1 aromatic heterocycles. The summed E-state index contributed by atoms with van der Waals surface area (Å²) in [5.74, 6) is -10.2. The second-order valence-corrected chi connectivity index (χ2v) is 14.7. The van der Waals surface area contributed by atoms with Crippen molar-refractivity contribution in [2.75, 3.05) is 27.4 Å². The number of hydrogen-bond acceptors (Lipinski definition) is 5. The number of aromatic nitrogens is 1. The highest BCUT2D eigenvalue weighted by Crippen LogP contribution is 2.42. The Bertz CT molecular complexity index is 2490. The number of benzene rings is 4. The van der Waals surface area contributed by atoms with Crippen molar-refractivity contribution in [3.8, 4) is 33.9 Å². The summed E-state index contributed by atoms with van der Waals surface area (Å²) in [7, 11) is 0.155. The first-order chi connectivity index (χ1) is 29.0. The molecule has 1 aliphatic rings. The molecule has 62 heavy (non-hydrogen) atoms. The molecule has 17 heteroatoms. The Morgan fingerprint density at radius 3 is 1.50 bits per heavy atom. The Kier molecular flexibility index (Phi) is 12.9. The van der Waals surface area contributed by atoms with Gasteiger partial charge in [0, 0.05) is 33.7 Å². The Morgan fingerprint density at radius 2 is 1.05 bits per heavy atom. The van der Waals surface area contributed by atoms with Gasteiger partial charge in [-0.15, -0.1) is 0 Å². The van der Waals surface area contributed by atoms with Crippen molar-refractivity contribution in [2.45, 2.75) is 51.9 Å². The zero-order chi connectivity index (χ0) is 45.4. The van der Waals surface area contributed by atoms with Crippen LogP contribution in [0.1, 0.15) is 39.1 Å². The largest absolute Gasteiger partial charge is 0.598 e. The lowest BCUT2D eigenvalue weighted by atomic mass is 9.97. The molecule has 0 radical (unpaired) electrons. The maximum Gasteiger partial charge on any atom is 0.598 e. The quantitative estimate of drug-likeness (QED) is 0.0824. The van der Waals surface area contributed by atoms with Gasteiger partial charge in [-0.25, -0.2) is 4.99 Å². The number of ether oxygens (including phenoxy) is 2. The smallest absolute Gasteiger partial charge is 0.497 e. The zero-order valence-electron chi connectivity index (χ0n) is 34.1. The number of nitrogens with zero attached hydrogens (tertiary/aromatic N) is 2. The minimum atomic E-state index is -6.19. The SMILES string of the molecule is COc1ccc(C2=CC(c3ccc(C)cc3C)=N/C2=C\c2c(-c3ccc(OC)cc3)cc(-c3ccc(C)cc3C)n2B(OCC(F)(F)C(F)(F)F)OCC(F)(F)C(F)(F)F)cc1. The van der Waals surface area contributed by atoms with Crippen LogP contribution in [0.5, 0.6) is 11.5 Å². The van der Waals surface area contributed by atoms with E-state index in [1.54, 1.807) is 86.7 Å². The van der Waals surface area contributed by atoms with Crippen molar-refractivity contribution in [1.29, 1.82) is 0 Å². The molecule has 0 aliphatic carbocycles. The second kappa shape index (κ2) is 17.5. The van der Waals surface area contributed by atoms with E-state index in [9.17, 15) is 43.9 Å². The Hall–Kier alpha value is -5.81. The van der Waals surface area contributed by atoms with E-state index in [1.807, 2.05) is 32.0 Å². The summed E-state index contributed by atoms with van der Waals surface area (Å²) >= 11 is 0. The lowest BCUT2D eigenvalue weighted by Crippen LogP contribution is -2.48. The highest BCUT2D eigenvalue weighted by atomic mass is 19.4. The van der Waals surface area contributed by atoms with E-state index >= 15 is 0 Å². The van der Waals surface area contributed by atoms with Crippen molar-refractivity contribution in [2.24, 2.45) is 4.99 Å². The first-order valence-corrected chi connectivity index (χ1v) is 18.9. The first-order valence-electron chi connectivity index (χ1n) is 18.9. The molecular formula is C45H39BF10N2O4. The molecule has 0 bridgehead atoms. The van der Waals surface area contributed by atoms with Crippen LogP contribution in [0.2, 0.25) is 0 Å². The molecule has 0 fully saturated rings. The number of alkyl halides is 10. The van der Waals surface area contributed by atoms with Gasteiger partial charge >= 0.3 is 31.5 Å². The van der Waals surface area contributed by atoms with E-state index < -0.39 is 44.7 Å². The van der Waals surface area contributed by atoms with Gasteiger partial charge in [-0.1, -0.05) is 71.8 Å². The molecule has 0 N–H and O–H groups in total. The minimum absolute atomic E-state index is 0.0534. The third kappa shape index (κ3) is 9.63. The molecule has 5 aromatic rings. The molecule has 326 valence electrons. The molecule has 2 heterocycles. The summed E-state index contributed by atoms with van der Waals surface area (Å²) in [6.45, 7) is 2.18. The molecule has 0 spiro atoms. The summed E-state index contributed by atoms with van der Waals surface area (Å²) in [6.07, 6.45) is -9.20. The fourth-order valence-electron chi connectivity index (χ4n) is 6.85. The maximum absolute atomic E-state index is 14.6. The fraction of sp³-hybridized carbons (Fsp3) is 0.267. The third-order valence-corrected chi connectivity index (χ3v) is 10.1. The van der Waals surface area contributed by atoms with E-state index in [2.05, 4.69) is 0 Å². The summed E-state index contributed by atoms with van der Waals surface area (Å²) in [6, 6.07) is 25.3. The van der Waals surface area contributed by atoms with Crippen LogP contribution in [0.4, 0.5) is 43.9 Å². The summed E-state index contributed by atoms with van der Waals surface area (Å²) in [5, 5.41) is 0. The number of halogens is 10. The molecule has 0 saturated heterocycles. The lowest BCUT2D eigenvalue weighted by Gasteiger charge is -2.26. The van der Waals surface area contributed by atoms with Gasteiger partial charge < -0.3 is 23.3 Å². The van der Waals surface area contributed by atoms with Crippen molar-refractivity contribution in [1.82, 2.24) is 4.48 Å². The number of aliphatic imine (C=N–C) groups is 1. The molecule has 6 rings (SSSR count). The molecule has 6 nitrogen and oxygen atoms in total. The summed E-state index contributed by atoms with van der Waals surface area (Å²) < 4.78 is 162. The first kappa shape index (κ1) is 45.7. The number of hydrogen-bond donors (Lipinski definition) is 0. The van der Waals surface area contributed by atoms with Crippen molar-refractivity contribution < 1.29 is 62.7 Å². The van der Waals surface area contributed by atoms with Gasteiger partial charge in [0.2, 0.25) is 0 Å². The topological polar surface area (TPSA) is 54.2 Å². The van der Waals surface area contributed by atoms with Gasteiger partial charge in [-0.3, -0.25) is 0 Å². The van der Waals surface area contributed by atoms with Crippen molar-refractivity contribution in [3.63, 3.8) is 0 Å². The Morgan fingerprint density at radius 1 is 0.581 bits per heavy atom. The minimum Gasteiger partial charge on any atom is -0.497 e. The molecule has 0 amide bonds. The standard InChI is InChI=1S/C45H39BF10N2O4/c1-26-7-17-34(28(3)19-26)38-21-36(30-9-13-32(59-5)14-10-30)39(57-38)23-41-37(31-11-15-33(60-6)16-12-31)22-40(35-18-8-27(2)20-29(35)4)58(41)46(61-24-42(47,48)44(51,52)53)62-25-43(49,50)45(54,55)56/h7-23H,24-25H2,1-6H3/b39-23-. The summed E-state index contributed by atoms with van der Waals surface area (Å²) in [5.41, 5.74) is 6.25. The average Bonchev–Trinajstić information content (AvgIpc) is 3.79. The van der Waals surface area contributed by atoms with E-state index in [1.165, 1.54) is 26.4 Å². The Balaban J connectivity index is 1.71. The van der Waals surface area contributed by atoms with Crippen LogP contribution >= 0.6 is 0 Å². The number of allylic oxidation sites excluding steroid dienone is 2. The predicted molar refractivity (Wildman–Crippen MR) is 218 cm³/mol. The van der Waals surface area contributed by atoms with E-state index in [4.69, 9.17) is 23.8 Å². The number of aryl methyl sites for hydroxylation is 4. The van der Waals surface area contributed by atoms with Crippen LogP contribution in [-0.4, -0.2) is 69.1 Å². The van der Waals surface area contributed by atoms with Gasteiger partial charge in [-0.05, 0) is 92.4 Å². The maximum atomic E-state index is 14.6. The highest BCUT2D eigenvalue weighted by Gasteiger charge is 2.60. The van der Waals surface area contributed by atoms with Crippen LogP contribution in [0.25, 0.3) is 34.0 Å². The molecule has 0 atom stereocenters. The molecule has 0 unspecified atom stereocenters. The van der Waals surface area contributed by atoms with Crippen LogP contribution < -0.4 is 9.47 Å². The van der Waals surface area contributed by atoms with E-state index in [0.717, 1.165) is 26.7 Å². The Labute approximate surface area is 351 Å². The number of methoxy groups -OCH3 is 2. The van der Waals surface area contributed by atoms with E-state index in [-0.39, 0.29) is 28.2 Å². The van der Waals surface area contributed by atoms with Crippen molar-refractivity contribution in [3.05, 3.63) is 142 Å². The van der Waals surface area contributed by atoms with Gasteiger partial charge in [-0.2, -0.15) is 43.9 Å². The van der Waals surface area contributed by atoms with Crippen molar-refractivity contribution >= 4 is 24.6 Å². The molecule has 1 aliphatic heterocycles. The van der Waals surface area contributed by atoms with Crippen LogP contribution in [0.3, 0.4) is 0 Å². The molecular weight excluding hydrogens is 833 g/mol. The zero-order valence-corrected chi connectivity index (χ0v) is 34.1. The summed E-state index contributed by atoms with van der Waals surface area (Å²) in [4.78, 5) is 4.95. The highest BCUT2D eigenvalue weighted by molar-refractivity contribution is 6.44. The predicted octanol–water partition coefficient (Wildman–Crippen LogP) is 12.3. The van der Waals surface area contributed by atoms with Gasteiger partial charge in [0.1, 0.15) is 24.7 Å². The van der Waals surface area contributed by atoms with Gasteiger partial charge in [0.05, 0.1) is 25.6 Å². The lowest BCUT2D eigenvalue weighted by molar-refractivity contribution is -0.295. The monoisotopic (exact) mass is 872 g/mol. The normalized spacial score (nSPS) is 14.3. The van der Waals surface area contributed by atoms with Crippen LogP contribution in [-0.2, 0) is 9.31 Å². The van der Waals surface area contributed by atoms with Crippen LogP contribution in [0, 0.1) is 27.7 Å². The van der Waals surface area contributed by atoms with Gasteiger partial charge in [0.15, 0.2) is 0 Å². The second-order valence-electron chi connectivity index (χ2n) is 14.7. The average molecular weight is 873 g/mol. The number of rotatable bonds is 14. The van der Waals surface area contributed by atoms with E-state index in [0.29, 0.717) is 39.5 Å². The van der Waals surface area contributed by atoms with Gasteiger partial charge in [0.25, 0.3) is 0 Å². The molecule has 0 saturated carbocycles.